The molecule has 1 amide bonds. The highest BCUT2D eigenvalue weighted by Gasteiger charge is 2.22. The highest BCUT2D eigenvalue weighted by Crippen LogP contribution is 2.15. The van der Waals surface area contributed by atoms with Crippen LogP contribution in [-0.4, -0.2) is 36.5 Å². The molecule has 2 aromatic heterocycles. The maximum absolute atomic E-state index is 12.5. The van der Waals surface area contributed by atoms with Gasteiger partial charge in [-0.3, -0.25) is 9.48 Å². The number of carboxylic acid groups (broad SMARTS) is 1. The maximum Gasteiger partial charge on any atom is 0.354 e. The van der Waals surface area contributed by atoms with Gasteiger partial charge in [0.2, 0.25) is 5.91 Å². The molecule has 1 atom stereocenters. The standard InChI is InChI=1S/C18H19N5O3/c1-12-10-16(21-22(12)11-14-6-4-3-5-7-14)20-17(24)13(2)23-15(18(25)26)8-9-19-23/h3-10,13H,11H2,1-2H3,(H,25,26)(H,20,21,24). The molecule has 0 aliphatic carbocycles. The number of nitrogens with one attached hydrogen (secondary N) is 1. The average Bonchev–Trinajstić information content (AvgIpc) is 3.22. The lowest BCUT2D eigenvalue weighted by Crippen LogP contribution is -2.27. The van der Waals surface area contributed by atoms with Gasteiger partial charge in [0.15, 0.2) is 5.82 Å². The summed E-state index contributed by atoms with van der Waals surface area (Å²) < 4.78 is 2.97. The summed E-state index contributed by atoms with van der Waals surface area (Å²) in [4.78, 5) is 23.6. The van der Waals surface area contributed by atoms with Gasteiger partial charge >= 0.3 is 5.97 Å². The fourth-order valence-corrected chi connectivity index (χ4v) is 2.62. The highest BCUT2D eigenvalue weighted by molar-refractivity contribution is 5.93. The minimum absolute atomic E-state index is 0.0431. The van der Waals surface area contributed by atoms with Crippen LogP contribution in [-0.2, 0) is 11.3 Å². The predicted octanol–water partition coefficient (Wildman–Crippen LogP) is 2.33. The first kappa shape index (κ1) is 17.4. The second-order valence-electron chi connectivity index (χ2n) is 5.95. The van der Waals surface area contributed by atoms with Gasteiger partial charge in [-0.05, 0) is 25.5 Å². The van der Waals surface area contributed by atoms with Gasteiger partial charge < -0.3 is 10.4 Å². The number of aromatic carboxylic acids is 1. The molecule has 2 heterocycles. The van der Waals surface area contributed by atoms with Gasteiger partial charge in [0.25, 0.3) is 0 Å². The summed E-state index contributed by atoms with van der Waals surface area (Å²) in [6.45, 7) is 4.09. The molecule has 0 bridgehead atoms. The summed E-state index contributed by atoms with van der Waals surface area (Å²) in [5, 5.41) is 20.2. The van der Waals surface area contributed by atoms with Crippen LogP contribution in [0.2, 0.25) is 0 Å². The summed E-state index contributed by atoms with van der Waals surface area (Å²) in [7, 11) is 0. The summed E-state index contributed by atoms with van der Waals surface area (Å²) >= 11 is 0. The van der Waals surface area contributed by atoms with Crippen LogP contribution in [0.15, 0.2) is 48.7 Å². The topological polar surface area (TPSA) is 102 Å². The second-order valence-corrected chi connectivity index (χ2v) is 5.95. The van der Waals surface area contributed by atoms with Crippen molar-refractivity contribution < 1.29 is 14.7 Å². The number of carboxylic acids is 1. The Morgan fingerprint density at radius 1 is 1.23 bits per heavy atom. The molecule has 8 heteroatoms. The Labute approximate surface area is 150 Å². The lowest BCUT2D eigenvalue weighted by Gasteiger charge is -2.13. The van der Waals surface area contributed by atoms with Crippen LogP contribution in [0, 0.1) is 6.92 Å². The third kappa shape index (κ3) is 3.64. The zero-order valence-electron chi connectivity index (χ0n) is 14.5. The minimum atomic E-state index is -1.13. The highest BCUT2D eigenvalue weighted by atomic mass is 16.4. The van der Waals surface area contributed by atoms with Crippen LogP contribution < -0.4 is 5.32 Å². The van der Waals surface area contributed by atoms with Crippen LogP contribution in [0.3, 0.4) is 0 Å². The molecule has 0 saturated heterocycles. The Hall–Kier alpha value is -3.42. The van der Waals surface area contributed by atoms with Crippen molar-refractivity contribution in [2.24, 2.45) is 0 Å². The minimum Gasteiger partial charge on any atom is -0.477 e. The number of carbonyl (C=O) groups is 2. The number of hydrogen-bond donors (Lipinski definition) is 2. The molecule has 3 rings (SSSR count). The second kappa shape index (κ2) is 7.22. The van der Waals surface area contributed by atoms with E-state index in [9.17, 15) is 9.59 Å². The van der Waals surface area contributed by atoms with Crippen molar-refractivity contribution in [3.05, 3.63) is 65.6 Å². The fraction of sp³-hybridized carbons (Fsp3) is 0.222. The van der Waals surface area contributed by atoms with Gasteiger partial charge in [-0.15, -0.1) is 0 Å². The number of nitrogens with zero attached hydrogens (tertiary/aromatic N) is 4. The lowest BCUT2D eigenvalue weighted by molar-refractivity contribution is -0.119. The third-order valence-electron chi connectivity index (χ3n) is 4.04. The van der Waals surface area contributed by atoms with E-state index in [1.807, 2.05) is 37.3 Å². The summed E-state index contributed by atoms with van der Waals surface area (Å²) in [6, 6.07) is 12.2. The molecule has 26 heavy (non-hydrogen) atoms. The maximum atomic E-state index is 12.5. The summed E-state index contributed by atoms with van der Waals surface area (Å²) in [6.07, 6.45) is 1.35. The van der Waals surface area contributed by atoms with Crippen molar-refractivity contribution in [1.29, 1.82) is 0 Å². The molecule has 2 N–H and O–H groups in total. The van der Waals surface area contributed by atoms with E-state index in [0.717, 1.165) is 11.3 Å². The van der Waals surface area contributed by atoms with Crippen LogP contribution in [0.25, 0.3) is 0 Å². The van der Waals surface area contributed by atoms with E-state index in [0.29, 0.717) is 12.4 Å². The number of amides is 1. The number of anilines is 1. The molecular formula is C18H19N5O3. The van der Waals surface area contributed by atoms with Crippen LogP contribution in [0.4, 0.5) is 5.82 Å². The van der Waals surface area contributed by atoms with Crippen molar-refractivity contribution in [1.82, 2.24) is 19.6 Å². The van der Waals surface area contributed by atoms with Gasteiger partial charge in [-0.2, -0.15) is 10.2 Å². The van der Waals surface area contributed by atoms with Gasteiger partial charge in [0, 0.05) is 18.0 Å². The van der Waals surface area contributed by atoms with E-state index < -0.39 is 12.0 Å². The van der Waals surface area contributed by atoms with E-state index in [1.165, 1.54) is 16.9 Å². The third-order valence-corrected chi connectivity index (χ3v) is 4.04. The Balaban J connectivity index is 1.72. The van der Waals surface area contributed by atoms with Crippen LogP contribution in [0.5, 0.6) is 0 Å². The number of carbonyl (C=O) groups excluding carboxylic acids is 1. The normalized spacial score (nSPS) is 11.9. The largest absolute Gasteiger partial charge is 0.477 e. The van der Waals surface area contributed by atoms with Crippen molar-refractivity contribution in [2.75, 3.05) is 5.32 Å². The quantitative estimate of drug-likeness (QED) is 0.708. The van der Waals surface area contributed by atoms with Gasteiger partial charge in [0.05, 0.1) is 6.54 Å². The van der Waals surface area contributed by atoms with E-state index in [4.69, 9.17) is 5.11 Å². The molecule has 0 fully saturated rings. The zero-order valence-corrected chi connectivity index (χ0v) is 14.5. The number of aromatic nitrogens is 4. The van der Waals surface area contributed by atoms with Crippen LogP contribution in [0.1, 0.15) is 34.7 Å². The van der Waals surface area contributed by atoms with E-state index in [1.54, 1.807) is 17.7 Å². The van der Waals surface area contributed by atoms with Gasteiger partial charge in [0.1, 0.15) is 11.7 Å². The van der Waals surface area contributed by atoms with Gasteiger partial charge in [-0.25, -0.2) is 9.48 Å². The average molecular weight is 353 g/mol. The van der Waals surface area contributed by atoms with E-state index in [-0.39, 0.29) is 11.6 Å². The van der Waals surface area contributed by atoms with E-state index in [2.05, 4.69) is 15.5 Å². The first-order chi connectivity index (χ1) is 12.5. The molecule has 1 aromatic carbocycles. The molecular weight excluding hydrogens is 334 g/mol. The first-order valence-electron chi connectivity index (χ1n) is 8.11. The molecule has 3 aromatic rings. The number of aryl methyl sites for hydroxylation is 1. The lowest BCUT2D eigenvalue weighted by atomic mass is 10.2. The molecule has 0 saturated carbocycles. The molecule has 0 aliphatic rings. The van der Waals surface area contributed by atoms with Crippen LogP contribution >= 0.6 is 0 Å². The van der Waals surface area contributed by atoms with Crippen molar-refractivity contribution in [3.63, 3.8) is 0 Å². The Bertz CT molecular complexity index is 929. The smallest absolute Gasteiger partial charge is 0.354 e. The van der Waals surface area contributed by atoms with Gasteiger partial charge in [-0.1, -0.05) is 30.3 Å². The molecule has 0 aliphatic heterocycles. The first-order valence-corrected chi connectivity index (χ1v) is 8.11. The fourth-order valence-electron chi connectivity index (χ4n) is 2.62. The zero-order chi connectivity index (χ0) is 18.7. The molecule has 8 nitrogen and oxygen atoms in total. The molecule has 0 spiro atoms. The number of rotatable bonds is 6. The SMILES string of the molecule is Cc1cc(NC(=O)C(C)n2nccc2C(=O)O)nn1Cc1ccccc1. The number of hydrogen-bond acceptors (Lipinski definition) is 4. The Kier molecular flexibility index (Phi) is 4.83. The molecule has 1 unspecified atom stereocenters. The summed E-state index contributed by atoms with van der Waals surface area (Å²) in [5.41, 5.74) is 1.97. The Morgan fingerprint density at radius 3 is 2.65 bits per heavy atom. The monoisotopic (exact) mass is 353 g/mol. The summed E-state index contributed by atoms with van der Waals surface area (Å²) in [5.74, 6) is -1.11. The Morgan fingerprint density at radius 2 is 1.96 bits per heavy atom. The number of benzene rings is 1. The van der Waals surface area contributed by atoms with Crippen molar-refractivity contribution >= 4 is 17.7 Å². The molecule has 134 valence electrons. The van der Waals surface area contributed by atoms with Crippen molar-refractivity contribution in [3.8, 4) is 0 Å². The van der Waals surface area contributed by atoms with E-state index >= 15 is 0 Å². The predicted molar refractivity (Wildman–Crippen MR) is 95.0 cm³/mol. The molecule has 0 radical (unpaired) electrons. The van der Waals surface area contributed by atoms with Crippen molar-refractivity contribution in [2.45, 2.75) is 26.4 Å².